The number of hydrogen-bond acceptors (Lipinski definition) is 4. The van der Waals surface area contributed by atoms with E-state index in [-0.39, 0.29) is 18.2 Å². The number of hydrogen-bond donors (Lipinski definition) is 3. The van der Waals surface area contributed by atoms with Crippen molar-refractivity contribution < 1.29 is 9.59 Å². The molecule has 6 heteroatoms. The van der Waals surface area contributed by atoms with E-state index in [2.05, 4.69) is 16.0 Å². The van der Waals surface area contributed by atoms with Crippen LogP contribution in [0.5, 0.6) is 0 Å². The highest BCUT2D eigenvalue weighted by Crippen LogP contribution is 2.30. The Morgan fingerprint density at radius 2 is 1.69 bits per heavy atom. The van der Waals surface area contributed by atoms with Crippen molar-refractivity contribution in [2.75, 3.05) is 34.9 Å². The van der Waals surface area contributed by atoms with E-state index in [1.165, 1.54) is 0 Å². The number of carbonyl (C=O) groups excluding carboxylic acids is 2. The molecule has 0 radical (unpaired) electrons. The molecule has 6 nitrogen and oxygen atoms in total. The van der Waals surface area contributed by atoms with Gasteiger partial charge in [-0.15, -0.1) is 0 Å². The number of aryl methyl sites for hydroxylation is 2. The van der Waals surface area contributed by atoms with E-state index in [1.54, 1.807) is 0 Å². The van der Waals surface area contributed by atoms with E-state index >= 15 is 0 Å². The lowest BCUT2D eigenvalue weighted by Crippen LogP contribution is -2.41. The number of rotatable bonds is 4. The Hall–Kier alpha value is -3.02. The van der Waals surface area contributed by atoms with Gasteiger partial charge in [0.2, 0.25) is 11.8 Å². The smallest absolute Gasteiger partial charge is 0.247 e. The maximum Gasteiger partial charge on any atom is 0.247 e. The number of carbonyl (C=O) groups is 2. The predicted molar refractivity (Wildman–Crippen MR) is 106 cm³/mol. The van der Waals surface area contributed by atoms with Gasteiger partial charge in [-0.1, -0.05) is 0 Å². The Kier molecular flexibility index (Phi) is 4.84. The minimum Gasteiger partial charge on any atom is -0.378 e. The Labute approximate surface area is 153 Å². The standard InChI is InChI=1S/C20H24N4O2/c1-12-9-16-17(10-13(12)2)23-20(26)18(22-16)11-19(25)21-14-5-7-15(8-6-14)24(3)4/h5-10,18,22H,11H2,1-4H3,(H,21,25)(H,23,26)/t18-/m0/s1. The quantitative estimate of drug-likeness (QED) is 0.790. The lowest BCUT2D eigenvalue weighted by Gasteiger charge is -2.27. The van der Waals surface area contributed by atoms with Crippen molar-refractivity contribution in [2.45, 2.75) is 26.3 Å². The summed E-state index contributed by atoms with van der Waals surface area (Å²) in [6.45, 7) is 4.02. The van der Waals surface area contributed by atoms with Crippen LogP contribution < -0.4 is 20.9 Å². The second-order valence-electron chi connectivity index (χ2n) is 6.86. The molecule has 0 aliphatic carbocycles. The van der Waals surface area contributed by atoms with Gasteiger partial charge in [0.25, 0.3) is 0 Å². The van der Waals surface area contributed by atoms with Crippen molar-refractivity contribution in [3.05, 3.63) is 47.5 Å². The van der Waals surface area contributed by atoms with E-state index < -0.39 is 6.04 Å². The Balaban J connectivity index is 1.65. The molecule has 2 aromatic carbocycles. The predicted octanol–water partition coefficient (Wildman–Crippen LogP) is 3.13. The number of nitrogens with zero attached hydrogens (tertiary/aromatic N) is 1. The van der Waals surface area contributed by atoms with E-state index in [1.807, 2.05) is 69.2 Å². The van der Waals surface area contributed by atoms with Crippen LogP contribution in [0.4, 0.5) is 22.7 Å². The van der Waals surface area contributed by atoms with Crippen LogP contribution >= 0.6 is 0 Å². The molecule has 1 aliphatic heterocycles. The van der Waals surface area contributed by atoms with Gasteiger partial charge < -0.3 is 20.9 Å². The molecule has 0 bridgehead atoms. The van der Waals surface area contributed by atoms with Crippen LogP contribution in [0.25, 0.3) is 0 Å². The van der Waals surface area contributed by atoms with Crippen molar-refractivity contribution >= 4 is 34.6 Å². The number of amides is 2. The number of benzene rings is 2. The van der Waals surface area contributed by atoms with Crippen LogP contribution in [-0.2, 0) is 9.59 Å². The van der Waals surface area contributed by atoms with Crippen LogP contribution in [0, 0.1) is 13.8 Å². The maximum atomic E-state index is 12.3. The molecule has 1 heterocycles. The molecule has 2 aromatic rings. The lowest BCUT2D eigenvalue weighted by molar-refractivity contribution is -0.122. The van der Waals surface area contributed by atoms with Crippen molar-refractivity contribution in [3.63, 3.8) is 0 Å². The van der Waals surface area contributed by atoms with Crippen LogP contribution in [0.15, 0.2) is 36.4 Å². The molecule has 0 spiro atoms. The van der Waals surface area contributed by atoms with Gasteiger partial charge in [0, 0.05) is 25.5 Å². The molecule has 136 valence electrons. The zero-order valence-electron chi connectivity index (χ0n) is 15.5. The fourth-order valence-corrected chi connectivity index (χ4v) is 2.90. The highest BCUT2D eigenvalue weighted by molar-refractivity contribution is 6.06. The molecule has 2 amide bonds. The van der Waals surface area contributed by atoms with Crippen molar-refractivity contribution in [2.24, 2.45) is 0 Å². The topological polar surface area (TPSA) is 73.5 Å². The molecule has 3 N–H and O–H groups in total. The van der Waals surface area contributed by atoms with Crippen LogP contribution in [0.2, 0.25) is 0 Å². The summed E-state index contributed by atoms with van der Waals surface area (Å²) in [7, 11) is 3.92. The zero-order chi connectivity index (χ0) is 18.8. The van der Waals surface area contributed by atoms with E-state index in [4.69, 9.17) is 0 Å². The Morgan fingerprint density at radius 1 is 1.08 bits per heavy atom. The van der Waals surface area contributed by atoms with E-state index in [9.17, 15) is 9.59 Å². The molecule has 26 heavy (non-hydrogen) atoms. The fourth-order valence-electron chi connectivity index (χ4n) is 2.90. The number of nitrogens with one attached hydrogen (secondary N) is 3. The Bertz CT molecular complexity index is 844. The molecule has 1 atom stereocenters. The van der Waals surface area contributed by atoms with Crippen LogP contribution in [-0.4, -0.2) is 32.0 Å². The third kappa shape index (κ3) is 3.79. The second-order valence-corrected chi connectivity index (χ2v) is 6.86. The summed E-state index contributed by atoms with van der Waals surface area (Å²) < 4.78 is 0. The summed E-state index contributed by atoms with van der Waals surface area (Å²) in [5.41, 5.74) is 5.62. The SMILES string of the molecule is Cc1cc2c(cc1C)N[C@@H](CC(=O)Nc1ccc(N(C)C)cc1)C(=O)N2. The molecular formula is C20H24N4O2. The minimum absolute atomic E-state index is 0.0631. The molecule has 0 aromatic heterocycles. The molecular weight excluding hydrogens is 328 g/mol. The van der Waals surface area contributed by atoms with Gasteiger partial charge in [-0.25, -0.2) is 0 Å². The normalized spacial score (nSPS) is 15.5. The average molecular weight is 352 g/mol. The monoisotopic (exact) mass is 352 g/mol. The van der Waals surface area contributed by atoms with Gasteiger partial charge in [-0.2, -0.15) is 0 Å². The van der Waals surface area contributed by atoms with Gasteiger partial charge in [0.05, 0.1) is 17.8 Å². The largest absolute Gasteiger partial charge is 0.378 e. The van der Waals surface area contributed by atoms with Gasteiger partial charge in [-0.05, 0) is 61.4 Å². The van der Waals surface area contributed by atoms with E-state index in [0.29, 0.717) is 5.69 Å². The summed E-state index contributed by atoms with van der Waals surface area (Å²) in [6, 6.07) is 10.9. The molecule has 0 saturated heterocycles. The van der Waals surface area contributed by atoms with Crippen LogP contribution in [0.1, 0.15) is 17.5 Å². The lowest BCUT2D eigenvalue weighted by atomic mass is 10.0. The molecule has 0 fully saturated rings. The number of fused-ring (bicyclic) bond motifs is 1. The third-order valence-corrected chi connectivity index (χ3v) is 4.59. The van der Waals surface area contributed by atoms with Gasteiger partial charge in [-0.3, -0.25) is 9.59 Å². The highest BCUT2D eigenvalue weighted by Gasteiger charge is 2.27. The fraction of sp³-hybridized carbons (Fsp3) is 0.300. The first kappa shape index (κ1) is 17.8. The minimum atomic E-state index is -0.592. The van der Waals surface area contributed by atoms with Gasteiger partial charge >= 0.3 is 0 Å². The van der Waals surface area contributed by atoms with Crippen molar-refractivity contribution in [1.82, 2.24) is 0 Å². The third-order valence-electron chi connectivity index (χ3n) is 4.59. The summed E-state index contributed by atoms with van der Waals surface area (Å²) in [4.78, 5) is 26.6. The molecule has 0 unspecified atom stereocenters. The molecule has 3 rings (SSSR count). The van der Waals surface area contributed by atoms with Gasteiger partial charge in [0.1, 0.15) is 6.04 Å². The van der Waals surface area contributed by atoms with Crippen molar-refractivity contribution in [3.8, 4) is 0 Å². The second kappa shape index (κ2) is 7.07. The summed E-state index contributed by atoms with van der Waals surface area (Å²) in [6.07, 6.45) is 0.0631. The highest BCUT2D eigenvalue weighted by atomic mass is 16.2. The molecule has 1 aliphatic rings. The first-order chi connectivity index (χ1) is 12.3. The molecule has 0 saturated carbocycles. The summed E-state index contributed by atoms with van der Waals surface area (Å²) in [5, 5.41) is 8.90. The Morgan fingerprint density at radius 3 is 2.31 bits per heavy atom. The summed E-state index contributed by atoms with van der Waals surface area (Å²) >= 11 is 0. The van der Waals surface area contributed by atoms with Crippen LogP contribution in [0.3, 0.4) is 0 Å². The average Bonchev–Trinajstić information content (AvgIpc) is 2.58. The number of anilines is 4. The first-order valence-electron chi connectivity index (χ1n) is 8.59. The van der Waals surface area contributed by atoms with Crippen molar-refractivity contribution in [1.29, 1.82) is 0 Å². The summed E-state index contributed by atoms with van der Waals surface area (Å²) in [5.74, 6) is -0.401. The first-order valence-corrected chi connectivity index (χ1v) is 8.59. The van der Waals surface area contributed by atoms with E-state index in [0.717, 1.165) is 28.2 Å². The van der Waals surface area contributed by atoms with Gasteiger partial charge in [0.15, 0.2) is 0 Å². The zero-order valence-corrected chi connectivity index (χ0v) is 15.5. The maximum absolute atomic E-state index is 12.3.